The van der Waals surface area contributed by atoms with Gasteiger partial charge in [0.1, 0.15) is 8.37 Å². The Labute approximate surface area is 82.0 Å². The van der Waals surface area contributed by atoms with Crippen molar-refractivity contribution in [2.24, 2.45) is 0 Å². The molecule has 0 fully saturated rings. The molecule has 0 heterocycles. The van der Waals surface area contributed by atoms with Gasteiger partial charge in [-0.05, 0) is 42.3 Å². The van der Waals surface area contributed by atoms with Crippen LogP contribution in [0.3, 0.4) is 0 Å². The monoisotopic (exact) mass is 243 g/mol. The van der Waals surface area contributed by atoms with Crippen LogP contribution in [0, 0.1) is 0 Å². The second-order valence-electron chi connectivity index (χ2n) is 2.81. The SMILES string of the molecule is Br.CN(C)P(N(C)C)N(C)C. The van der Waals surface area contributed by atoms with Crippen molar-refractivity contribution in [3.63, 3.8) is 0 Å². The predicted molar refractivity (Wildman–Crippen MR) is 58.3 cm³/mol. The summed E-state index contributed by atoms with van der Waals surface area (Å²) in [5.41, 5.74) is 0. The van der Waals surface area contributed by atoms with Gasteiger partial charge in [0.2, 0.25) is 0 Å². The molecular formula is C6H19BrN3P. The lowest BCUT2D eigenvalue weighted by molar-refractivity contribution is 0.490. The smallest absolute Gasteiger partial charge is 0.118 e. The minimum absolute atomic E-state index is 0. The van der Waals surface area contributed by atoms with Crippen LogP contribution in [0.2, 0.25) is 0 Å². The molecule has 0 aromatic carbocycles. The molecule has 5 heteroatoms. The third-order valence-corrected chi connectivity index (χ3v) is 3.22. The van der Waals surface area contributed by atoms with Gasteiger partial charge < -0.3 is 0 Å². The summed E-state index contributed by atoms with van der Waals surface area (Å²) in [5.74, 6) is 0. The Morgan fingerprint density at radius 2 is 0.818 bits per heavy atom. The third kappa shape index (κ3) is 5.10. The highest BCUT2D eigenvalue weighted by Gasteiger charge is 2.15. The van der Waals surface area contributed by atoms with E-state index in [1.54, 1.807) is 0 Å². The van der Waals surface area contributed by atoms with Crippen LogP contribution in [0.25, 0.3) is 0 Å². The molecule has 0 aromatic rings. The van der Waals surface area contributed by atoms with Crippen LogP contribution in [0.1, 0.15) is 0 Å². The zero-order chi connectivity index (χ0) is 8.31. The van der Waals surface area contributed by atoms with Gasteiger partial charge in [-0.2, -0.15) is 0 Å². The molecule has 0 aliphatic carbocycles. The standard InChI is InChI=1S/C6H18N3P.BrH/c1-7(2)10(8(3)4)9(5)6;/h1-6H3;1H. The molecule has 0 radical (unpaired) electrons. The van der Waals surface area contributed by atoms with Gasteiger partial charge in [0.25, 0.3) is 0 Å². The molecule has 0 saturated heterocycles. The molecule has 0 rings (SSSR count). The average Bonchev–Trinajstić information content (AvgIpc) is 1.59. The molecular weight excluding hydrogens is 225 g/mol. The van der Waals surface area contributed by atoms with Crippen molar-refractivity contribution in [2.75, 3.05) is 42.3 Å². The minimum Gasteiger partial charge on any atom is -0.264 e. The van der Waals surface area contributed by atoms with Crippen LogP contribution >= 0.6 is 25.4 Å². The second kappa shape index (κ2) is 6.32. The fourth-order valence-electron chi connectivity index (χ4n) is 1.07. The van der Waals surface area contributed by atoms with Crippen molar-refractivity contribution >= 4 is 25.4 Å². The molecule has 0 amide bonds. The number of hydrogen-bond donors (Lipinski definition) is 0. The fourth-order valence-corrected chi connectivity index (χ4v) is 3.22. The largest absolute Gasteiger partial charge is 0.264 e. The lowest BCUT2D eigenvalue weighted by Crippen LogP contribution is -2.25. The highest BCUT2D eigenvalue weighted by Crippen LogP contribution is 2.40. The van der Waals surface area contributed by atoms with Gasteiger partial charge in [0.05, 0.1) is 0 Å². The van der Waals surface area contributed by atoms with E-state index in [1.165, 1.54) is 0 Å². The summed E-state index contributed by atoms with van der Waals surface area (Å²) in [6.45, 7) is 0. The van der Waals surface area contributed by atoms with E-state index in [-0.39, 0.29) is 25.4 Å². The van der Waals surface area contributed by atoms with Gasteiger partial charge in [0.15, 0.2) is 0 Å². The summed E-state index contributed by atoms with van der Waals surface area (Å²) in [7, 11) is 12.4. The second-order valence-corrected chi connectivity index (χ2v) is 5.75. The van der Waals surface area contributed by atoms with E-state index in [0.29, 0.717) is 0 Å². The molecule has 0 spiro atoms. The maximum Gasteiger partial charge on any atom is 0.118 e. The molecule has 0 aliphatic heterocycles. The van der Waals surface area contributed by atoms with Crippen molar-refractivity contribution in [3.8, 4) is 0 Å². The van der Waals surface area contributed by atoms with E-state index in [9.17, 15) is 0 Å². The molecule has 70 valence electrons. The van der Waals surface area contributed by atoms with Crippen LogP contribution in [0.15, 0.2) is 0 Å². The van der Waals surface area contributed by atoms with E-state index >= 15 is 0 Å². The van der Waals surface area contributed by atoms with Gasteiger partial charge in [-0.1, -0.05) is 0 Å². The number of halogens is 1. The molecule has 0 unspecified atom stereocenters. The van der Waals surface area contributed by atoms with E-state index in [0.717, 1.165) is 0 Å². The minimum atomic E-state index is -0.238. The van der Waals surface area contributed by atoms with Crippen molar-refractivity contribution in [1.82, 2.24) is 14.0 Å². The molecule has 0 N–H and O–H groups in total. The molecule has 0 aromatic heterocycles. The third-order valence-electron chi connectivity index (χ3n) is 1.07. The zero-order valence-electron chi connectivity index (χ0n) is 8.20. The Morgan fingerprint density at radius 1 is 0.636 bits per heavy atom. The topological polar surface area (TPSA) is 9.72 Å². The molecule has 11 heavy (non-hydrogen) atoms. The summed E-state index contributed by atoms with van der Waals surface area (Å²) in [4.78, 5) is 0. The summed E-state index contributed by atoms with van der Waals surface area (Å²) in [6, 6.07) is 0. The first kappa shape index (κ1) is 14.3. The first-order chi connectivity index (χ1) is 4.46. The van der Waals surface area contributed by atoms with Gasteiger partial charge in [-0.3, -0.25) is 14.0 Å². The first-order valence-electron chi connectivity index (χ1n) is 3.28. The van der Waals surface area contributed by atoms with Gasteiger partial charge in [0, 0.05) is 0 Å². The fraction of sp³-hybridized carbons (Fsp3) is 1.00. The number of rotatable bonds is 3. The van der Waals surface area contributed by atoms with Crippen molar-refractivity contribution in [3.05, 3.63) is 0 Å². The Bertz CT molecular complexity index is 78.8. The molecule has 0 bridgehead atoms. The lowest BCUT2D eigenvalue weighted by atomic mass is 11.2. The molecule has 0 saturated carbocycles. The summed E-state index contributed by atoms with van der Waals surface area (Å²) in [6.07, 6.45) is 0. The number of hydrogen-bond acceptors (Lipinski definition) is 3. The molecule has 3 nitrogen and oxygen atoms in total. The molecule has 0 atom stereocenters. The maximum atomic E-state index is 2.23. The Balaban J connectivity index is 0. The van der Waals surface area contributed by atoms with Crippen LogP contribution in [0.5, 0.6) is 0 Å². The lowest BCUT2D eigenvalue weighted by Gasteiger charge is -2.34. The van der Waals surface area contributed by atoms with E-state index in [1.807, 2.05) is 0 Å². The summed E-state index contributed by atoms with van der Waals surface area (Å²) < 4.78 is 6.69. The first-order valence-corrected chi connectivity index (χ1v) is 4.48. The van der Waals surface area contributed by atoms with E-state index in [4.69, 9.17) is 0 Å². The van der Waals surface area contributed by atoms with Crippen LogP contribution in [0.4, 0.5) is 0 Å². The van der Waals surface area contributed by atoms with Gasteiger partial charge in [-0.25, -0.2) is 0 Å². The Morgan fingerprint density at radius 3 is 0.818 bits per heavy atom. The normalized spacial score (nSPS) is 11.5. The predicted octanol–water partition coefficient (Wildman–Crippen LogP) is 1.48. The van der Waals surface area contributed by atoms with Crippen molar-refractivity contribution in [1.29, 1.82) is 0 Å². The van der Waals surface area contributed by atoms with E-state index in [2.05, 4.69) is 56.3 Å². The van der Waals surface area contributed by atoms with Crippen LogP contribution in [-0.4, -0.2) is 56.3 Å². The highest BCUT2D eigenvalue weighted by molar-refractivity contribution is 8.93. The average molecular weight is 244 g/mol. The number of nitrogens with zero attached hydrogens (tertiary/aromatic N) is 3. The highest BCUT2D eigenvalue weighted by atomic mass is 79.9. The van der Waals surface area contributed by atoms with Crippen molar-refractivity contribution in [2.45, 2.75) is 0 Å². The molecule has 0 aliphatic rings. The van der Waals surface area contributed by atoms with Gasteiger partial charge in [-0.15, -0.1) is 17.0 Å². The quantitative estimate of drug-likeness (QED) is 0.696. The van der Waals surface area contributed by atoms with Crippen LogP contribution < -0.4 is 0 Å². The summed E-state index contributed by atoms with van der Waals surface area (Å²) in [5, 5.41) is 0. The maximum absolute atomic E-state index is 2.23. The van der Waals surface area contributed by atoms with Gasteiger partial charge >= 0.3 is 0 Å². The Kier molecular flexibility index (Phi) is 8.23. The van der Waals surface area contributed by atoms with E-state index < -0.39 is 0 Å². The Hall–Kier alpha value is 0.790. The summed E-state index contributed by atoms with van der Waals surface area (Å²) >= 11 is 0. The van der Waals surface area contributed by atoms with Crippen molar-refractivity contribution < 1.29 is 0 Å². The van der Waals surface area contributed by atoms with Crippen LogP contribution in [-0.2, 0) is 0 Å². The zero-order valence-corrected chi connectivity index (χ0v) is 10.8.